The first kappa shape index (κ1) is 16.0. The predicted molar refractivity (Wildman–Crippen MR) is 75.6 cm³/mol. The molecule has 1 radical (unpaired) electrons. The fourth-order valence-electron chi connectivity index (χ4n) is 2.46. The van der Waals surface area contributed by atoms with Crippen molar-refractivity contribution in [2.24, 2.45) is 5.92 Å². The maximum Gasteiger partial charge on any atom is -0.0213 e. The Kier molecular flexibility index (Phi) is 11.5. The zero-order chi connectivity index (χ0) is 12.2. The minimum Gasteiger partial charge on any atom is -0.0654 e. The second-order valence-corrected chi connectivity index (χ2v) is 5.26. The van der Waals surface area contributed by atoms with Crippen molar-refractivity contribution in [3.8, 4) is 0 Å². The van der Waals surface area contributed by atoms with E-state index in [2.05, 4.69) is 27.7 Å². The minimum atomic E-state index is 0.874. The van der Waals surface area contributed by atoms with Gasteiger partial charge in [-0.25, -0.2) is 0 Å². The summed E-state index contributed by atoms with van der Waals surface area (Å²) >= 11 is 0. The standard InChI is InChI=1S/C16H33/c1-5-8-10-13-16(14-11-9-6-2)15(4)12-7-3/h15H,5-14H2,1-4H3. The largest absolute Gasteiger partial charge is 0.0654 e. The molecule has 0 aromatic carbocycles. The maximum atomic E-state index is 2.44. The highest BCUT2D eigenvalue weighted by Crippen LogP contribution is 2.30. The fourth-order valence-corrected chi connectivity index (χ4v) is 2.46. The molecule has 0 heteroatoms. The highest BCUT2D eigenvalue weighted by molar-refractivity contribution is 4.94. The van der Waals surface area contributed by atoms with Crippen molar-refractivity contribution in [1.29, 1.82) is 0 Å². The van der Waals surface area contributed by atoms with Crippen molar-refractivity contribution in [3.63, 3.8) is 0 Å². The Labute approximate surface area is 104 Å². The van der Waals surface area contributed by atoms with Gasteiger partial charge >= 0.3 is 0 Å². The molecule has 0 aromatic rings. The van der Waals surface area contributed by atoms with E-state index in [9.17, 15) is 0 Å². The molecule has 0 spiro atoms. The summed E-state index contributed by atoms with van der Waals surface area (Å²) in [6, 6.07) is 0. The SMILES string of the molecule is CCCCC[C](CCCCC)C(C)CCC. The molecule has 1 atom stereocenters. The van der Waals surface area contributed by atoms with Crippen LogP contribution in [0.2, 0.25) is 0 Å². The van der Waals surface area contributed by atoms with Gasteiger partial charge in [0.05, 0.1) is 0 Å². The lowest BCUT2D eigenvalue weighted by Gasteiger charge is -2.23. The summed E-state index contributed by atoms with van der Waals surface area (Å²) in [5.41, 5.74) is 0. The molecule has 97 valence electrons. The molecular formula is C16H33. The topological polar surface area (TPSA) is 0 Å². The van der Waals surface area contributed by atoms with E-state index in [0.717, 1.165) is 5.92 Å². The van der Waals surface area contributed by atoms with E-state index >= 15 is 0 Å². The number of rotatable bonds is 11. The smallest absolute Gasteiger partial charge is 0.0213 e. The summed E-state index contributed by atoms with van der Waals surface area (Å²) < 4.78 is 0. The van der Waals surface area contributed by atoms with Crippen LogP contribution in [-0.4, -0.2) is 0 Å². The number of hydrogen-bond acceptors (Lipinski definition) is 0. The Morgan fingerprint density at radius 1 is 0.750 bits per heavy atom. The van der Waals surface area contributed by atoms with E-state index in [4.69, 9.17) is 0 Å². The second kappa shape index (κ2) is 11.5. The molecule has 0 saturated heterocycles. The van der Waals surface area contributed by atoms with E-state index in [1.165, 1.54) is 64.2 Å². The average molecular weight is 225 g/mol. The third-order valence-corrected chi connectivity index (χ3v) is 3.62. The second-order valence-electron chi connectivity index (χ2n) is 5.26. The first-order valence-electron chi connectivity index (χ1n) is 7.60. The Hall–Kier alpha value is 0. The monoisotopic (exact) mass is 225 g/mol. The lowest BCUT2D eigenvalue weighted by molar-refractivity contribution is 0.451. The van der Waals surface area contributed by atoms with Crippen LogP contribution in [0, 0.1) is 11.8 Å². The van der Waals surface area contributed by atoms with Gasteiger partial charge in [-0.1, -0.05) is 79.1 Å². The molecule has 0 nitrogen and oxygen atoms in total. The Balaban J connectivity index is 3.84. The van der Waals surface area contributed by atoms with Crippen molar-refractivity contribution in [2.75, 3.05) is 0 Å². The van der Waals surface area contributed by atoms with Crippen molar-refractivity contribution in [2.45, 2.75) is 91.9 Å². The highest BCUT2D eigenvalue weighted by Gasteiger charge is 2.16. The van der Waals surface area contributed by atoms with Gasteiger partial charge in [0.15, 0.2) is 0 Å². The average Bonchev–Trinajstić information content (AvgIpc) is 2.28. The van der Waals surface area contributed by atoms with Gasteiger partial charge in [0, 0.05) is 0 Å². The molecule has 0 N–H and O–H groups in total. The lowest BCUT2D eigenvalue weighted by Crippen LogP contribution is -2.09. The molecule has 16 heavy (non-hydrogen) atoms. The van der Waals surface area contributed by atoms with Crippen LogP contribution in [0.15, 0.2) is 0 Å². The van der Waals surface area contributed by atoms with Crippen LogP contribution in [0.3, 0.4) is 0 Å². The Morgan fingerprint density at radius 3 is 1.62 bits per heavy atom. The molecular weight excluding hydrogens is 192 g/mol. The molecule has 0 aliphatic carbocycles. The molecule has 0 rings (SSSR count). The maximum absolute atomic E-state index is 2.44. The highest BCUT2D eigenvalue weighted by atomic mass is 14.2. The molecule has 0 saturated carbocycles. The third kappa shape index (κ3) is 8.19. The van der Waals surface area contributed by atoms with Crippen LogP contribution in [0.4, 0.5) is 0 Å². The number of unbranched alkanes of at least 4 members (excludes halogenated alkanes) is 4. The zero-order valence-electron chi connectivity index (χ0n) is 12.1. The summed E-state index contributed by atoms with van der Waals surface area (Å²) in [4.78, 5) is 0. The van der Waals surface area contributed by atoms with Gasteiger partial charge < -0.3 is 0 Å². The molecule has 0 amide bonds. The zero-order valence-corrected chi connectivity index (χ0v) is 12.1. The van der Waals surface area contributed by atoms with Gasteiger partial charge in [0.25, 0.3) is 0 Å². The lowest BCUT2D eigenvalue weighted by atomic mass is 9.82. The van der Waals surface area contributed by atoms with Gasteiger partial charge in [-0.15, -0.1) is 0 Å². The van der Waals surface area contributed by atoms with E-state index in [0.29, 0.717) is 0 Å². The molecule has 1 unspecified atom stereocenters. The summed E-state index contributed by atoms with van der Waals surface area (Å²) in [5.74, 6) is 2.74. The van der Waals surface area contributed by atoms with Crippen LogP contribution < -0.4 is 0 Å². The summed E-state index contributed by atoms with van der Waals surface area (Å²) in [7, 11) is 0. The van der Waals surface area contributed by atoms with Crippen LogP contribution in [0.25, 0.3) is 0 Å². The Bertz CT molecular complexity index is 118. The molecule has 0 heterocycles. The van der Waals surface area contributed by atoms with Gasteiger partial charge in [0.2, 0.25) is 0 Å². The summed E-state index contributed by atoms with van der Waals surface area (Å²) in [6.45, 7) is 9.35. The van der Waals surface area contributed by atoms with Gasteiger partial charge in [0.1, 0.15) is 0 Å². The van der Waals surface area contributed by atoms with E-state index in [1.54, 1.807) is 0 Å². The molecule has 0 aliphatic heterocycles. The van der Waals surface area contributed by atoms with E-state index in [-0.39, 0.29) is 0 Å². The minimum absolute atomic E-state index is 0.874. The van der Waals surface area contributed by atoms with E-state index < -0.39 is 0 Å². The van der Waals surface area contributed by atoms with Gasteiger partial charge in [-0.05, 0) is 24.7 Å². The normalized spacial score (nSPS) is 13.3. The molecule has 0 aromatic heterocycles. The van der Waals surface area contributed by atoms with Crippen molar-refractivity contribution < 1.29 is 0 Å². The van der Waals surface area contributed by atoms with Crippen molar-refractivity contribution in [1.82, 2.24) is 0 Å². The van der Waals surface area contributed by atoms with Gasteiger partial charge in [-0.3, -0.25) is 0 Å². The molecule has 0 aliphatic rings. The van der Waals surface area contributed by atoms with E-state index in [1.807, 2.05) is 5.92 Å². The summed E-state index contributed by atoms with van der Waals surface area (Å²) in [5, 5.41) is 0. The van der Waals surface area contributed by atoms with Crippen molar-refractivity contribution in [3.05, 3.63) is 5.92 Å². The fraction of sp³-hybridized carbons (Fsp3) is 0.938. The van der Waals surface area contributed by atoms with Crippen LogP contribution in [0.5, 0.6) is 0 Å². The van der Waals surface area contributed by atoms with Gasteiger partial charge in [-0.2, -0.15) is 0 Å². The first-order chi connectivity index (χ1) is 7.76. The van der Waals surface area contributed by atoms with Crippen LogP contribution >= 0.6 is 0 Å². The quantitative estimate of drug-likeness (QED) is 0.369. The predicted octanol–water partition coefficient (Wildman–Crippen LogP) is 6.16. The summed E-state index contributed by atoms with van der Waals surface area (Å²) in [6.07, 6.45) is 13.9. The Morgan fingerprint density at radius 2 is 1.25 bits per heavy atom. The third-order valence-electron chi connectivity index (χ3n) is 3.62. The van der Waals surface area contributed by atoms with Crippen LogP contribution in [0.1, 0.15) is 91.9 Å². The first-order valence-corrected chi connectivity index (χ1v) is 7.60. The van der Waals surface area contributed by atoms with Crippen molar-refractivity contribution >= 4 is 0 Å². The number of hydrogen-bond donors (Lipinski definition) is 0. The van der Waals surface area contributed by atoms with Crippen LogP contribution in [-0.2, 0) is 0 Å². The molecule has 0 fully saturated rings. The molecule has 0 bridgehead atoms.